The highest BCUT2D eigenvalue weighted by atomic mass is 79.9. The Morgan fingerprint density at radius 3 is 2.14 bits per heavy atom. The number of rotatable bonds is 6. The Kier molecular flexibility index (Phi) is 6.83. The van der Waals surface area contributed by atoms with E-state index in [-0.39, 0.29) is 18.2 Å². The maximum Gasteiger partial charge on any atom is 0.251 e. The SMILES string of the molecule is Cc1cc(Br)c(NC(=O)C[C@@H](NC(=O)c2ccccc2)c2ccccc2)cc1C. The Labute approximate surface area is 179 Å². The van der Waals surface area contributed by atoms with Crippen molar-refractivity contribution in [2.75, 3.05) is 5.32 Å². The van der Waals surface area contributed by atoms with Crippen molar-refractivity contribution in [2.45, 2.75) is 26.3 Å². The molecule has 0 aliphatic carbocycles. The van der Waals surface area contributed by atoms with Crippen LogP contribution in [0.3, 0.4) is 0 Å². The minimum Gasteiger partial charge on any atom is -0.345 e. The molecule has 29 heavy (non-hydrogen) atoms. The molecule has 0 bridgehead atoms. The van der Waals surface area contributed by atoms with Gasteiger partial charge in [0, 0.05) is 10.0 Å². The summed E-state index contributed by atoms with van der Waals surface area (Å²) in [5.41, 5.74) is 4.41. The second-order valence-electron chi connectivity index (χ2n) is 6.97. The van der Waals surface area contributed by atoms with Crippen molar-refractivity contribution in [1.29, 1.82) is 0 Å². The number of nitrogens with one attached hydrogen (secondary N) is 2. The molecule has 3 aromatic carbocycles. The number of hydrogen-bond donors (Lipinski definition) is 2. The van der Waals surface area contributed by atoms with Gasteiger partial charge in [0.1, 0.15) is 0 Å². The first-order chi connectivity index (χ1) is 13.9. The summed E-state index contributed by atoms with van der Waals surface area (Å²) in [6, 6.07) is 22.0. The summed E-state index contributed by atoms with van der Waals surface area (Å²) < 4.78 is 0.832. The fourth-order valence-electron chi connectivity index (χ4n) is 3.03. The number of benzene rings is 3. The lowest BCUT2D eigenvalue weighted by Gasteiger charge is -2.20. The maximum atomic E-state index is 12.8. The molecule has 0 aromatic heterocycles. The van der Waals surface area contributed by atoms with Crippen LogP contribution in [0.1, 0.15) is 39.5 Å². The molecule has 0 heterocycles. The lowest BCUT2D eigenvalue weighted by Crippen LogP contribution is -2.31. The third kappa shape index (κ3) is 5.55. The van der Waals surface area contributed by atoms with Crippen molar-refractivity contribution < 1.29 is 9.59 Å². The molecule has 1 atom stereocenters. The van der Waals surface area contributed by atoms with Crippen LogP contribution in [0, 0.1) is 13.8 Å². The van der Waals surface area contributed by atoms with Crippen LogP contribution < -0.4 is 10.6 Å². The van der Waals surface area contributed by atoms with E-state index < -0.39 is 6.04 Å². The van der Waals surface area contributed by atoms with Gasteiger partial charge < -0.3 is 10.6 Å². The summed E-state index contributed by atoms with van der Waals surface area (Å²) in [5.74, 6) is -0.379. The van der Waals surface area contributed by atoms with E-state index in [9.17, 15) is 9.59 Å². The third-order valence-corrected chi connectivity index (χ3v) is 5.45. The largest absolute Gasteiger partial charge is 0.345 e. The zero-order valence-electron chi connectivity index (χ0n) is 16.4. The number of amides is 2. The molecule has 148 valence electrons. The van der Waals surface area contributed by atoms with Crippen molar-refractivity contribution in [3.05, 3.63) is 99.5 Å². The van der Waals surface area contributed by atoms with Crippen LogP contribution >= 0.6 is 15.9 Å². The van der Waals surface area contributed by atoms with E-state index in [0.717, 1.165) is 26.9 Å². The lowest BCUT2D eigenvalue weighted by molar-refractivity contribution is -0.116. The van der Waals surface area contributed by atoms with Gasteiger partial charge in [-0.3, -0.25) is 9.59 Å². The number of aryl methyl sites for hydroxylation is 2. The van der Waals surface area contributed by atoms with Crippen LogP contribution in [0.5, 0.6) is 0 Å². The van der Waals surface area contributed by atoms with Gasteiger partial charge in [-0.25, -0.2) is 0 Å². The summed E-state index contributed by atoms with van der Waals surface area (Å²) >= 11 is 3.51. The van der Waals surface area contributed by atoms with Crippen molar-refractivity contribution in [3.63, 3.8) is 0 Å². The monoisotopic (exact) mass is 450 g/mol. The standard InChI is InChI=1S/C24H23BrN2O2/c1-16-13-20(25)22(14-17(16)2)26-23(28)15-21(18-9-5-3-6-10-18)27-24(29)19-11-7-4-8-12-19/h3-14,21H,15H2,1-2H3,(H,26,28)(H,27,29)/t21-/m1/s1. The van der Waals surface area contributed by atoms with E-state index in [1.54, 1.807) is 12.1 Å². The zero-order chi connectivity index (χ0) is 20.8. The molecule has 3 aromatic rings. The van der Waals surface area contributed by atoms with Gasteiger partial charge in [0.2, 0.25) is 5.91 Å². The molecule has 4 nitrogen and oxygen atoms in total. The second kappa shape index (κ2) is 9.52. The highest BCUT2D eigenvalue weighted by Crippen LogP contribution is 2.27. The quantitative estimate of drug-likeness (QED) is 0.515. The molecule has 2 amide bonds. The smallest absolute Gasteiger partial charge is 0.251 e. The van der Waals surface area contributed by atoms with Gasteiger partial charge in [0.05, 0.1) is 18.2 Å². The fraction of sp³-hybridized carbons (Fsp3) is 0.167. The molecule has 0 unspecified atom stereocenters. The van der Waals surface area contributed by atoms with E-state index in [1.807, 2.05) is 74.5 Å². The molecule has 0 saturated heterocycles. The van der Waals surface area contributed by atoms with Gasteiger partial charge in [0.15, 0.2) is 0 Å². The molecule has 0 aliphatic heterocycles. The lowest BCUT2D eigenvalue weighted by atomic mass is 10.0. The summed E-state index contributed by atoms with van der Waals surface area (Å²) in [7, 11) is 0. The first-order valence-electron chi connectivity index (χ1n) is 9.41. The van der Waals surface area contributed by atoms with Gasteiger partial charge in [0.25, 0.3) is 5.91 Å². The maximum absolute atomic E-state index is 12.8. The van der Waals surface area contributed by atoms with Crippen molar-refractivity contribution in [3.8, 4) is 0 Å². The van der Waals surface area contributed by atoms with E-state index in [2.05, 4.69) is 26.6 Å². The van der Waals surface area contributed by atoms with Gasteiger partial charge in [-0.1, -0.05) is 48.5 Å². The van der Waals surface area contributed by atoms with Gasteiger partial charge in [-0.05, 0) is 70.7 Å². The zero-order valence-corrected chi connectivity index (χ0v) is 18.0. The van der Waals surface area contributed by atoms with Gasteiger partial charge in [-0.15, -0.1) is 0 Å². The highest BCUT2D eigenvalue weighted by molar-refractivity contribution is 9.10. The van der Waals surface area contributed by atoms with Crippen molar-refractivity contribution >= 4 is 33.4 Å². The molecule has 0 aliphatic rings. The normalized spacial score (nSPS) is 11.6. The Morgan fingerprint density at radius 2 is 1.48 bits per heavy atom. The topological polar surface area (TPSA) is 58.2 Å². The summed E-state index contributed by atoms with van der Waals surface area (Å²) in [6.07, 6.45) is 0.127. The Balaban J connectivity index is 1.77. The molecular weight excluding hydrogens is 428 g/mol. The predicted octanol–water partition coefficient (Wildman–Crippen LogP) is 5.57. The average molecular weight is 451 g/mol. The second-order valence-corrected chi connectivity index (χ2v) is 7.83. The molecular formula is C24H23BrN2O2. The number of carbonyl (C=O) groups excluding carboxylic acids is 2. The molecule has 2 N–H and O–H groups in total. The first kappa shape index (κ1) is 20.8. The number of anilines is 1. The van der Waals surface area contributed by atoms with E-state index in [0.29, 0.717) is 5.56 Å². The van der Waals surface area contributed by atoms with Crippen LogP contribution in [0.15, 0.2) is 77.3 Å². The predicted molar refractivity (Wildman–Crippen MR) is 120 cm³/mol. The van der Waals surface area contributed by atoms with Crippen molar-refractivity contribution in [2.24, 2.45) is 0 Å². The fourth-order valence-corrected chi connectivity index (χ4v) is 3.59. The molecule has 0 radical (unpaired) electrons. The van der Waals surface area contributed by atoms with E-state index in [4.69, 9.17) is 0 Å². The number of hydrogen-bond acceptors (Lipinski definition) is 2. The van der Waals surface area contributed by atoms with Crippen LogP contribution in [-0.4, -0.2) is 11.8 Å². The molecule has 3 rings (SSSR count). The van der Waals surface area contributed by atoms with Crippen LogP contribution in [-0.2, 0) is 4.79 Å². The van der Waals surface area contributed by atoms with E-state index in [1.165, 1.54) is 0 Å². The minimum atomic E-state index is -0.436. The average Bonchev–Trinajstić information content (AvgIpc) is 2.72. The minimum absolute atomic E-state index is 0.127. The van der Waals surface area contributed by atoms with Crippen LogP contribution in [0.25, 0.3) is 0 Å². The summed E-state index contributed by atoms with van der Waals surface area (Å²) in [5, 5.41) is 5.94. The van der Waals surface area contributed by atoms with Gasteiger partial charge >= 0.3 is 0 Å². The van der Waals surface area contributed by atoms with Gasteiger partial charge in [-0.2, -0.15) is 0 Å². The Hall–Kier alpha value is -2.92. The highest BCUT2D eigenvalue weighted by Gasteiger charge is 2.20. The molecule has 0 fully saturated rings. The molecule has 0 spiro atoms. The number of carbonyl (C=O) groups is 2. The van der Waals surface area contributed by atoms with E-state index >= 15 is 0 Å². The first-order valence-corrected chi connectivity index (χ1v) is 10.2. The Morgan fingerprint density at radius 1 is 0.897 bits per heavy atom. The molecule has 0 saturated carbocycles. The Bertz CT molecular complexity index is 1000. The van der Waals surface area contributed by atoms with Crippen LogP contribution in [0.2, 0.25) is 0 Å². The number of halogens is 1. The van der Waals surface area contributed by atoms with Crippen LogP contribution in [0.4, 0.5) is 5.69 Å². The summed E-state index contributed by atoms with van der Waals surface area (Å²) in [6.45, 7) is 4.03. The summed E-state index contributed by atoms with van der Waals surface area (Å²) in [4.78, 5) is 25.4. The van der Waals surface area contributed by atoms with Crippen molar-refractivity contribution in [1.82, 2.24) is 5.32 Å². The third-order valence-electron chi connectivity index (χ3n) is 4.79. The molecule has 5 heteroatoms.